The van der Waals surface area contributed by atoms with Crippen molar-refractivity contribution in [3.63, 3.8) is 0 Å². The van der Waals surface area contributed by atoms with E-state index in [1.807, 2.05) is 6.92 Å². The molecule has 0 unspecified atom stereocenters. The Labute approximate surface area is 111 Å². The molecule has 0 aliphatic rings. The van der Waals surface area contributed by atoms with E-state index in [1.165, 1.54) is 0 Å². The highest BCUT2D eigenvalue weighted by Crippen LogP contribution is 2.30. The van der Waals surface area contributed by atoms with E-state index in [2.05, 4.69) is 0 Å². The lowest BCUT2D eigenvalue weighted by molar-refractivity contribution is 0.309. The van der Waals surface area contributed by atoms with Crippen LogP contribution < -0.4 is 20.7 Å². The molecular weight excluding hydrogens is 294 g/mol. The average molecular weight is 309 g/mol. The van der Waals surface area contributed by atoms with E-state index in [4.69, 9.17) is 20.7 Å². The van der Waals surface area contributed by atoms with Gasteiger partial charge in [0.2, 0.25) is 20.0 Å². The molecule has 6 N–H and O–H groups in total. The van der Waals surface area contributed by atoms with Gasteiger partial charge in [-0.3, -0.25) is 0 Å². The third kappa shape index (κ3) is 3.80. The lowest BCUT2D eigenvalue weighted by Gasteiger charge is -2.12. The molecule has 1 rings (SSSR count). The van der Waals surface area contributed by atoms with Crippen molar-refractivity contribution in [1.29, 1.82) is 0 Å². The van der Waals surface area contributed by atoms with Crippen LogP contribution in [-0.4, -0.2) is 23.4 Å². The molecule has 19 heavy (non-hydrogen) atoms. The van der Waals surface area contributed by atoms with Gasteiger partial charge in [0.05, 0.1) is 12.3 Å². The first-order valence-electron chi connectivity index (χ1n) is 5.19. The molecule has 0 aliphatic carbocycles. The number of primary sulfonamides is 2. The predicted molar refractivity (Wildman–Crippen MR) is 69.4 cm³/mol. The second-order valence-corrected chi connectivity index (χ2v) is 6.83. The van der Waals surface area contributed by atoms with Gasteiger partial charge in [-0.2, -0.15) is 0 Å². The molecule has 8 nitrogen and oxygen atoms in total. The van der Waals surface area contributed by atoms with E-state index in [9.17, 15) is 16.8 Å². The summed E-state index contributed by atoms with van der Waals surface area (Å²) in [6.07, 6.45) is 0.626. The Morgan fingerprint density at radius 1 is 1.05 bits per heavy atom. The van der Waals surface area contributed by atoms with Crippen molar-refractivity contribution in [3.8, 4) is 5.75 Å². The number of rotatable bonds is 5. The summed E-state index contributed by atoms with van der Waals surface area (Å²) in [5, 5.41) is 9.94. The minimum absolute atomic E-state index is 0.103. The van der Waals surface area contributed by atoms with Crippen LogP contribution in [0.5, 0.6) is 5.75 Å². The molecule has 1 aromatic carbocycles. The van der Waals surface area contributed by atoms with E-state index in [0.717, 1.165) is 12.1 Å². The van der Waals surface area contributed by atoms with Crippen molar-refractivity contribution < 1.29 is 21.6 Å². The van der Waals surface area contributed by atoms with Crippen LogP contribution in [0.3, 0.4) is 0 Å². The quantitative estimate of drug-likeness (QED) is 0.614. The Balaban J connectivity index is 3.56. The molecule has 0 saturated carbocycles. The normalized spacial score (nSPS) is 12.4. The molecule has 108 valence electrons. The number of nitrogens with two attached hydrogens (primary N) is 3. The molecule has 0 spiro atoms. The maximum absolute atomic E-state index is 11.4. The van der Waals surface area contributed by atoms with E-state index in [-0.39, 0.29) is 18.0 Å². The number of sulfonamides is 2. The molecule has 0 amide bonds. The number of benzene rings is 1. The van der Waals surface area contributed by atoms with Crippen LogP contribution in [0.15, 0.2) is 21.9 Å². The van der Waals surface area contributed by atoms with Gasteiger partial charge >= 0.3 is 0 Å². The molecule has 0 atom stereocenters. The van der Waals surface area contributed by atoms with E-state index in [1.54, 1.807) is 0 Å². The maximum atomic E-state index is 11.4. The highest BCUT2D eigenvalue weighted by atomic mass is 32.2. The van der Waals surface area contributed by atoms with Crippen LogP contribution in [0.25, 0.3) is 0 Å². The molecule has 0 aromatic heterocycles. The number of anilines is 1. The van der Waals surface area contributed by atoms with Gasteiger partial charge in [0.1, 0.15) is 15.5 Å². The molecule has 0 bridgehead atoms. The number of nitrogen functional groups attached to an aromatic ring is 1. The molecule has 0 fully saturated rings. The summed E-state index contributed by atoms with van der Waals surface area (Å²) in [6.45, 7) is 2.05. The fraction of sp³-hybridized carbons (Fsp3) is 0.333. The zero-order valence-corrected chi connectivity index (χ0v) is 11.8. The fourth-order valence-electron chi connectivity index (χ4n) is 1.35. The first kappa shape index (κ1) is 15.7. The van der Waals surface area contributed by atoms with Gasteiger partial charge in [-0.1, -0.05) is 6.92 Å². The SMILES string of the molecule is CCCOc1cc(N)c(S(N)(=O)=O)cc1S(N)(=O)=O. The van der Waals surface area contributed by atoms with Gasteiger partial charge in [0.25, 0.3) is 0 Å². The second kappa shape index (κ2) is 5.33. The Kier molecular flexibility index (Phi) is 4.40. The number of hydrogen-bond donors (Lipinski definition) is 3. The Morgan fingerprint density at radius 2 is 1.58 bits per heavy atom. The van der Waals surface area contributed by atoms with Crippen molar-refractivity contribution in [2.45, 2.75) is 23.1 Å². The molecule has 0 saturated heterocycles. The minimum Gasteiger partial charge on any atom is -0.492 e. The average Bonchev–Trinajstić information content (AvgIpc) is 2.22. The topological polar surface area (TPSA) is 156 Å². The Bertz CT molecular complexity index is 682. The Morgan fingerprint density at radius 3 is 2.00 bits per heavy atom. The second-order valence-electron chi connectivity index (χ2n) is 3.78. The van der Waals surface area contributed by atoms with Gasteiger partial charge < -0.3 is 10.5 Å². The van der Waals surface area contributed by atoms with Crippen LogP contribution in [0.1, 0.15) is 13.3 Å². The first-order chi connectivity index (χ1) is 8.57. The summed E-state index contributed by atoms with van der Waals surface area (Å²) in [5.74, 6) is -0.103. The van der Waals surface area contributed by atoms with Crippen LogP contribution >= 0.6 is 0 Å². The van der Waals surface area contributed by atoms with Crippen LogP contribution in [0.2, 0.25) is 0 Å². The van der Waals surface area contributed by atoms with Crippen molar-refractivity contribution in [2.75, 3.05) is 12.3 Å². The fourth-order valence-corrected chi connectivity index (χ4v) is 2.78. The number of hydrogen-bond acceptors (Lipinski definition) is 6. The van der Waals surface area contributed by atoms with Crippen molar-refractivity contribution in [1.82, 2.24) is 0 Å². The minimum atomic E-state index is -4.16. The van der Waals surface area contributed by atoms with Gasteiger partial charge in [-0.25, -0.2) is 27.1 Å². The summed E-state index contributed by atoms with van der Waals surface area (Å²) < 4.78 is 50.6. The molecule has 0 radical (unpaired) electrons. The van der Waals surface area contributed by atoms with Crippen molar-refractivity contribution in [3.05, 3.63) is 12.1 Å². The maximum Gasteiger partial charge on any atom is 0.241 e. The molecule has 0 heterocycles. The molecule has 10 heteroatoms. The highest BCUT2D eigenvalue weighted by molar-refractivity contribution is 7.90. The van der Waals surface area contributed by atoms with E-state index in [0.29, 0.717) is 6.42 Å². The predicted octanol–water partition coefficient (Wildman–Crippen LogP) is -0.648. The molecule has 1 aromatic rings. The summed E-state index contributed by atoms with van der Waals surface area (Å²) in [4.78, 5) is -0.987. The molecule has 0 aliphatic heterocycles. The third-order valence-corrected chi connectivity index (χ3v) is 4.05. The zero-order chi connectivity index (χ0) is 14.8. The summed E-state index contributed by atoms with van der Waals surface area (Å²) in [7, 11) is -8.32. The van der Waals surface area contributed by atoms with Gasteiger partial charge in [-0.05, 0) is 12.5 Å². The van der Waals surface area contributed by atoms with Crippen LogP contribution in [0.4, 0.5) is 5.69 Å². The smallest absolute Gasteiger partial charge is 0.241 e. The zero-order valence-electron chi connectivity index (χ0n) is 10.2. The largest absolute Gasteiger partial charge is 0.492 e. The standard InChI is InChI=1S/C9H15N3O5S2/c1-2-3-17-7-4-6(10)8(18(11,13)14)5-9(7)19(12,15)16/h4-5H,2-3,10H2,1H3,(H2,11,13,14)(H2,12,15,16). The van der Waals surface area contributed by atoms with Gasteiger partial charge in [0, 0.05) is 6.07 Å². The van der Waals surface area contributed by atoms with Crippen LogP contribution in [-0.2, 0) is 20.0 Å². The first-order valence-corrected chi connectivity index (χ1v) is 8.28. The van der Waals surface area contributed by atoms with Gasteiger partial charge in [-0.15, -0.1) is 0 Å². The Hall–Kier alpha value is -1.36. The van der Waals surface area contributed by atoms with Gasteiger partial charge in [0.15, 0.2) is 0 Å². The van der Waals surface area contributed by atoms with E-state index >= 15 is 0 Å². The van der Waals surface area contributed by atoms with Crippen molar-refractivity contribution >= 4 is 25.7 Å². The van der Waals surface area contributed by atoms with Crippen LogP contribution in [0, 0.1) is 0 Å². The lowest BCUT2D eigenvalue weighted by Crippen LogP contribution is -2.19. The number of ether oxygens (including phenoxy) is 1. The van der Waals surface area contributed by atoms with E-state index < -0.39 is 29.8 Å². The summed E-state index contributed by atoms with van der Waals surface area (Å²) in [5.41, 5.74) is 5.31. The summed E-state index contributed by atoms with van der Waals surface area (Å²) >= 11 is 0. The highest BCUT2D eigenvalue weighted by Gasteiger charge is 2.22. The summed E-state index contributed by atoms with van der Waals surface area (Å²) in [6, 6.07) is 1.88. The van der Waals surface area contributed by atoms with Crippen molar-refractivity contribution in [2.24, 2.45) is 10.3 Å². The monoisotopic (exact) mass is 309 g/mol. The third-order valence-electron chi connectivity index (χ3n) is 2.15. The molecular formula is C9H15N3O5S2. The lowest BCUT2D eigenvalue weighted by atomic mass is 10.3.